The van der Waals surface area contributed by atoms with Gasteiger partial charge in [-0.15, -0.1) is 6.07 Å². The summed E-state index contributed by atoms with van der Waals surface area (Å²) in [5.41, 5.74) is 11.2. The van der Waals surface area contributed by atoms with Crippen molar-refractivity contribution in [2.75, 3.05) is 0 Å². The Kier molecular flexibility index (Phi) is 12.4. The maximum atomic E-state index is 13.7. The summed E-state index contributed by atoms with van der Waals surface area (Å²) in [6.45, 7) is 11.2. The Hall–Kier alpha value is -5.28. The van der Waals surface area contributed by atoms with Gasteiger partial charge < -0.3 is 14.0 Å². The zero-order valence-corrected chi connectivity index (χ0v) is 39.8. The molecule has 0 saturated heterocycles. The van der Waals surface area contributed by atoms with E-state index in [0.29, 0.717) is 28.4 Å². The Morgan fingerprint density at radius 2 is 1.52 bits per heavy atom. The summed E-state index contributed by atoms with van der Waals surface area (Å²) in [5, 5.41) is 1.43. The largest absolute Gasteiger partial charge is 0 e. The molecule has 0 spiro atoms. The Morgan fingerprint density at radius 1 is 0.767 bits per heavy atom. The van der Waals surface area contributed by atoms with E-state index in [0.717, 1.165) is 45.3 Å². The third-order valence-corrected chi connectivity index (χ3v) is 14.8. The van der Waals surface area contributed by atoms with E-state index in [4.69, 9.17) is 14.4 Å². The van der Waals surface area contributed by atoms with Crippen LogP contribution in [-0.4, -0.2) is 37.8 Å². The Balaban J connectivity index is 0.000000220. The van der Waals surface area contributed by atoms with Crippen LogP contribution in [0.2, 0.25) is 17.3 Å². The average molecular weight is 1030 g/mol. The van der Waals surface area contributed by atoms with E-state index in [2.05, 4.69) is 146 Å². The third-order valence-electron chi connectivity index (χ3n) is 10.5. The predicted molar refractivity (Wildman–Crippen MR) is 242 cm³/mol. The summed E-state index contributed by atoms with van der Waals surface area (Å²) in [5.74, 6) is 8.11. The molecule has 0 atom stereocenters. The first kappa shape index (κ1) is 42.8. The van der Waals surface area contributed by atoms with Crippen LogP contribution in [0.15, 0.2) is 132 Å². The van der Waals surface area contributed by atoms with Gasteiger partial charge in [-0.1, -0.05) is 74.9 Å². The minimum atomic E-state index is -1.86. The summed E-state index contributed by atoms with van der Waals surface area (Å²) < 4.78 is 23.1. The molecule has 1 radical (unpaired) electrons. The average Bonchev–Trinajstić information content (AvgIpc) is 3.78. The number of rotatable bonds is 7. The molecule has 0 aliphatic carbocycles. The summed E-state index contributed by atoms with van der Waals surface area (Å²) in [6.07, 6.45) is 6.39. The molecule has 0 saturated carbocycles. The van der Waals surface area contributed by atoms with Crippen molar-refractivity contribution in [3.8, 4) is 39.5 Å². The maximum absolute atomic E-state index is 13.7. The number of hydrogen-bond acceptors (Lipinski definition) is 5. The quantitative estimate of drug-likeness (QED) is 0.0904. The van der Waals surface area contributed by atoms with E-state index in [9.17, 15) is 4.39 Å². The van der Waals surface area contributed by atoms with Gasteiger partial charge in [-0.25, -0.2) is 0 Å². The fourth-order valence-corrected chi connectivity index (χ4v) is 11.0. The molecule has 60 heavy (non-hydrogen) atoms. The topological polar surface area (TPSA) is 69.6 Å². The van der Waals surface area contributed by atoms with Crippen molar-refractivity contribution in [2.24, 2.45) is 5.92 Å². The van der Waals surface area contributed by atoms with Gasteiger partial charge in [0.1, 0.15) is 5.71 Å². The second-order valence-corrected chi connectivity index (χ2v) is 28.1. The molecule has 6 nitrogen and oxygen atoms in total. The van der Waals surface area contributed by atoms with E-state index in [-0.39, 0.29) is 31.2 Å². The molecule has 0 unspecified atom stereocenters. The molecule has 0 fully saturated rings. The number of furan rings is 1. The van der Waals surface area contributed by atoms with Crippen LogP contribution in [0, 0.1) is 24.1 Å². The number of hydrogen-bond donors (Lipinski definition) is 0. The van der Waals surface area contributed by atoms with Crippen LogP contribution < -0.4 is 4.40 Å². The molecular formula is C51H48FGeIrN5O-2. The molecule has 5 heterocycles. The number of aromatic nitrogens is 5. The number of imidazole rings is 1. The van der Waals surface area contributed by atoms with Gasteiger partial charge >= 0.3 is 126 Å². The molecule has 9 rings (SSSR count). The van der Waals surface area contributed by atoms with Crippen molar-refractivity contribution in [1.29, 1.82) is 0 Å². The first-order valence-electron chi connectivity index (χ1n) is 20.2. The molecule has 9 heteroatoms. The van der Waals surface area contributed by atoms with Crippen molar-refractivity contribution >= 4 is 50.9 Å². The van der Waals surface area contributed by atoms with Gasteiger partial charge in [0.2, 0.25) is 11.7 Å². The van der Waals surface area contributed by atoms with E-state index in [1.807, 2.05) is 48.5 Å². The normalized spacial score (nSPS) is 11.8. The van der Waals surface area contributed by atoms with Crippen molar-refractivity contribution in [1.82, 2.24) is 24.5 Å². The fraction of sp³-hybridized carbons (Fsp3) is 0.216. The van der Waals surface area contributed by atoms with Crippen molar-refractivity contribution in [3.05, 3.63) is 157 Å². The SMILES string of the molecule is CC(C)(C)c1cc(-c2ccccc2)ccc1-n1c(-c2[c-]nc3oc4nc(F)ccc4c3c2)nc2ccccc21.CC(C)Cc1cc(-c2[c-]cccc2)nc[c]1[Ge]([CH3])([CH3])[CH3].[Ir]. The molecule has 0 aliphatic rings. The van der Waals surface area contributed by atoms with Crippen LogP contribution in [0.3, 0.4) is 0 Å². The van der Waals surface area contributed by atoms with Gasteiger partial charge in [0.25, 0.3) is 0 Å². The first-order chi connectivity index (χ1) is 28.2. The molecule has 0 amide bonds. The Bertz CT molecular complexity index is 2930. The van der Waals surface area contributed by atoms with Crippen LogP contribution >= 0.6 is 0 Å². The number of para-hydroxylation sites is 2. The van der Waals surface area contributed by atoms with Crippen LogP contribution in [0.25, 0.3) is 72.7 Å². The van der Waals surface area contributed by atoms with Gasteiger partial charge in [-0.3, -0.25) is 4.98 Å². The summed E-state index contributed by atoms with van der Waals surface area (Å²) in [6, 6.07) is 43.7. The standard InChI is InChI=1S/C33H24FN4O.C18H24GeN.Ir/c1-33(2,3)25-18-21(20-9-5-4-6-10-20)13-15-27(25)38-28-12-8-7-11-26(28)36-30(38)22-17-24-23-14-16-29(34)37-32(23)39-31(24)35-19-22;1-14(2)11-16-12-18(15-9-7-6-8-10-15)20-13-17(16)19(3,4)5;/h4-18H,1-3H3;6-9,12-14H,11H2,1-5H3;/q2*-1;. The van der Waals surface area contributed by atoms with Crippen molar-refractivity contribution < 1.29 is 28.9 Å². The molecule has 305 valence electrons. The molecule has 9 aromatic rings. The van der Waals surface area contributed by atoms with Gasteiger partial charge in [-0.2, -0.15) is 9.37 Å². The van der Waals surface area contributed by atoms with Crippen LogP contribution in [0.4, 0.5) is 4.39 Å². The zero-order chi connectivity index (χ0) is 41.5. The molecule has 0 N–H and O–H groups in total. The van der Waals surface area contributed by atoms with E-state index < -0.39 is 19.2 Å². The second kappa shape index (κ2) is 17.4. The Labute approximate surface area is 368 Å². The Morgan fingerprint density at radius 3 is 2.23 bits per heavy atom. The first-order valence-corrected chi connectivity index (χ1v) is 27.5. The number of halogens is 1. The van der Waals surface area contributed by atoms with E-state index in [1.165, 1.54) is 22.8 Å². The van der Waals surface area contributed by atoms with Gasteiger partial charge in [0.05, 0.1) is 16.9 Å². The van der Waals surface area contributed by atoms with E-state index in [1.54, 1.807) is 10.5 Å². The molecule has 0 bridgehead atoms. The second-order valence-electron chi connectivity index (χ2n) is 17.5. The summed E-state index contributed by atoms with van der Waals surface area (Å²) in [7, 11) is 0. The van der Waals surface area contributed by atoms with Crippen LogP contribution in [-0.2, 0) is 31.9 Å². The summed E-state index contributed by atoms with van der Waals surface area (Å²) >= 11 is -1.86. The maximum Gasteiger partial charge on any atom is 0 e. The van der Waals surface area contributed by atoms with Crippen LogP contribution in [0.5, 0.6) is 0 Å². The van der Waals surface area contributed by atoms with Crippen molar-refractivity contribution in [3.63, 3.8) is 0 Å². The summed E-state index contributed by atoms with van der Waals surface area (Å²) in [4.78, 5) is 18.1. The zero-order valence-electron chi connectivity index (χ0n) is 35.3. The smallest absolute Gasteiger partial charge is 0 e. The predicted octanol–water partition coefficient (Wildman–Crippen LogP) is 12.6. The number of benzene rings is 4. The monoisotopic (exact) mass is 1030 g/mol. The molecule has 0 aliphatic heterocycles. The third kappa shape index (κ3) is 8.92. The van der Waals surface area contributed by atoms with Crippen LogP contribution in [0.1, 0.15) is 45.7 Å². The number of pyridine rings is 3. The van der Waals surface area contributed by atoms with Gasteiger partial charge in [0.15, 0.2) is 0 Å². The minimum Gasteiger partial charge on any atom is 0 e. The van der Waals surface area contributed by atoms with Crippen molar-refractivity contribution in [2.45, 2.75) is 63.7 Å². The molecule has 5 aromatic heterocycles. The molecular weight excluding hydrogens is 982 g/mol. The van der Waals surface area contributed by atoms with Gasteiger partial charge in [0, 0.05) is 31.2 Å². The number of nitrogens with zero attached hydrogens (tertiary/aromatic N) is 5. The van der Waals surface area contributed by atoms with Gasteiger partial charge in [-0.05, 0) is 70.1 Å². The van der Waals surface area contributed by atoms with E-state index >= 15 is 0 Å². The minimum absolute atomic E-state index is 0. The number of fused-ring (bicyclic) bond motifs is 4. The molecule has 4 aromatic carbocycles. The fourth-order valence-electron chi connectivity index (χ4n) is 7.66.